The Balaban J connectivity index is 1.31. The molecule has 1 atom stereocenters. The number of carbonyl (C=O) groups excluding carboxylic acids is 1. The fraction of sp³-hybridized carbons (Fsp3) is 0.682. The van der Waals surface area contributed by atoms with E-state index in [-0.39, 0.29) is 35.7 Å². The van der Waals surface area contributed by atoms with Crippen molar-refractivity contribution in [3.63, 3.8) is 0 Å². The molecule has 1 heterocycles. The molecule has 1 amide bonds. The monoisotopic (exact) mass is 486 g/mol. The van der Waals surface area contributed by atoms with E-state index in [1.165, 1.54) is 25.3 Å². The molecule has 4 aliphatic carbocycles. The van der Waals surface area contributed by atoms with Crippen LogP contribution in [0.4, 0.5) is 4.39 Å². The number of aliphatic hydroxyl groups is 1. The Hall–Kier alpha value is -1.42. The second-order valence-electron chi connectivity index (χ2n) is 10.2. The lowest BCUT2D eigenvalue weighted by Crippen LogP contribution is -2.48. The Kier molecular flexibility index (Phi) is 5.67. The van der Waals surface area contributed by atoms with Gasteiger partial charge in [0.15, 0.2) is 11.6 Å². The third kappa shape index (κ3) is 4.24. The Morgan fingerprint density at radius 2 is 1.84 bits per heavy atom. The van der Waals surface area contributed by atoms with E-state index in [1.54, 1.807) is 0 Å². The molecule has 5 aliphatic rings. The molecule has 32 heavy (non-hydrogen) atoms. The molecule has 1 aliphatic heterocycles. The van der Waals surface area contributed by atoms with Crippen molar-refractivity contribution >= 4 is 27.7 Å². The third-order valence-electron chi connectivity index (χ3n) is 7.64. The molecule has 1 saturated heterocycles. The number of nitrogens with zero attached hydrogens (tertiary/aromatic N) is 1. The molecular formula is C22H28ClFN2O5S. The smallest absolute Gasteiger partial charge is 0.304 e. The van der Waals surface area contributed by atoms with Gasteiger partial charge in [0.05, 0.1) is 18.3 Å². The van der Waals surface area contributed by atoms with Crippen LogP contribution in [0.3, 0.4) is 0 Å². The molecule has 7 nitrogen and oxygen atoms in total. The summed E-state index contributed by atoms with van der Waals surface area (Å²) in [6.45, 7) is 0.347. The molecule has 1 aromatic rings. The van der Waals surface area contributed by atoms with Crippen molar-refractivity contribution in [3.8, 4) is 5.75 Å². The summed E-state index contributed by atoms with van der Waals surface area (Å²) in [5.41, 5.74) is -0.437. The van der Waals surface area contributed by atoms with Crippen LogP contribution in [0.2, 0.25) is 5.02 Å². The van der Waals surface area contributed by atoms with Crippen LogP contribution in [0, 0.1) is 29.0 Å². The molecule has 176 valence electrons. The van der Waals surface area contributed by atoms with Crippen LogP contribution in [-0.4, -0.2) is 49.5 Å². The minimum atomic E-state index is -4.20. The largest absolute Gasteiger partial charge is 0.490 e. The summed E-state index contributed by atoms with van der Waals surface area (Å²) in [5.74, 6) is 0.00541. The maximum atomic E-state index is 15.2. The molecule has 2 N–H and O–H groups in total. The van der Waals surface area contributed by atoms with E-state index in [9.17, 15) is 18.3 Å². The average Bonchev–Trinajstić information content (AvgIpc) is 3.14. The first-order valence-corrected chi connectivity index (χ1v) is 13.1. The molecule has 5 fully saturated rings. The SMILES string of the molecule is O=C(NS(=O)(=O)N1CC[C@H](O)C1)c1cc(Cl)cc(OCC23CC4CC(CC(C4)C2)C3)c1F. The van der Waals surface area contributed by atoms with E-state index >= 15 is 4.39 Å². The van der Waals surface area contributed by atoms with Crippen molar-refractivity contribution in [2.24, 2.45) is 23.2 Å². The van der Waals surface area contributed by atoms with Gasteiger partial charge in [0.1, 0.15) is 0 Å². The molecule has 4 bridgehead atoms. The van der Waals surface area contributed by atoms with Crippen molar-refractivity contribution in [2.75, 3.05) is 19.7 Å². The first kappa shape index (κ1) is 22.4. The van der Waals surface area contributed by atoms with Crippen LogP contribution in [0.5, 0.6) is 5.75 Å². The summed E-state index contributed by atoms with van der Waals surface area (Å²) in [6.07, 6.45) is 6.64. The predicted octanol–water partition coefficient (Wildman–Crippen LogP) is 3.12. The summed E-state index contributed by atoms with van der Waals surface area (Å²) >= 11 is 6.12. The van der Waals surface area contributed by atoms with Crippen LogP contribution in [0.1, 0.15) is 55.3 Å². The summed E-state index contributed by atoms with van der Waals surface area (Å²) < 4.78 is 48.8. The fourth-order valence-corrected chi connectivity index (χ4v) is 8.09. The van der Waals surface area contributed by atoms with E-state index in [2.05, 4.69) is 0 Å². The Labute approximate surface area is 192 Å². The zero-order valence-electron chi connectivity index (χ0n) is 17.7. The van der Waals surface area contributed by atoms with Gasteiger partial charge in [-0.3, -0.25) is 4.79 Å². The van der Waals surface area contributed by atoms with Crippen LogP contribution in [0.15, 0.2) is 12.1 Å². The van der Waals surface area contributed by atoms with Gasteiger partial charge in [0.25, 0.3) is 5.91 Å². The van der Waals surface area contributed by atoms with Crippen LogP contribution >= 0.6 is 11.6 Å². The van der Waals surface area contributed by atoms with Gasteiger partial charge >= 0.3 is 10.2 Å². The third-order valence-corrected chi connectivity index (χ3v) is 9.31. The molecule has 1 aromatic carbocycles. The van der Waals surface area contributed by atoms with Gasteiger partial charge in [-0.05, 0) is 68.8 Å². The number of benzene rings is 1. The maximum Gasteiger partial charge on any atom is 0.304 e. The molecule has 4 saturated carbocycles. The Morgan fingerprint density at radius 3 is 2.41 bits per heavy atom. The van der Waals surface area contributed by atoms with Gasteiger partial charge in [0, 0.05) is 29.6 Å². The zero-order chi connectivity index (χ0) is 22.7. The van der Waals surface area contributed by atoms with Crippen LogP contribution in [0.25, 0.3) is 0 Å². The summed E-state index contributed by atoms with van der Waals surface area (Å²) in [6, 6.07) is 2.43. The molecule has 6 rings (SSSR count). The number of hydrogen-bond donors (Lipinski definition) is 2. The number of aliphatic hydroxyl groups excluding tert-OH is 1. The van der Waals surface area contributed by atoms with Crippen LogP contribution in [-0.2, 0) is 10.2 Å². The molecule has 0 unspecified atom stereocenters. The molecule has 0 spiro atoms. The van der Waals surface area contributed by atoms with Crippen molar-refractivity contribution in [2.45, 2.75) is 51.0 Å². The maximum absolute atomic E-state index is 15.2. The lowest BCUT2D eigenvalue weighted by atomic mass is 9.50. The minimum absolute atomic E-state index is 0.0475. The summed E-state index contributed by atoms with van der Waals surface area (Å²) in [4.78, 5) is 12.6. The lowest BCUT2D eigenvalue weighted by Gasteiger charge is -2.56. The number of ether oxygens (including phenoxy) is 1. The quantitative estimate of drug-likeness (QED) is 0.644. The number of amides is 1. The van der Waals surface area contributed by atoms with Crippen molar-refractivity contribution in [3.05, 3.63) is 28.5 Å². The lowest BCUT2D eigenvalue weighted by molar-refractivity contribution is -0.0749. The number of β-amino-alcohol motifs (C(OH)–C–C–N with tert-alkyl or cyclic N) is 1. The highest BCUT2D eigenvalue weighted by Crippen LogP contribution is 2.60. The number of halogens is 2. The van der Waals surface area contributed by atoms with Gasteiger partial charge in [0.2, 0.25) is 0 Å². The van der Waals surface area contributed by atoms with Gasteiger partial charge in [-0.25, -0.2) is 9.11 Å². The molecule has 0 aromatic heterocycles. The second-order valence-corrected chi connectivity index (χ2v) is 12.3. The van der Waals surface area contributed by atoms with Gasteiger partial charge in [-0.1, -0.05) is 11.6 Å². The van der Waals surface area contributed by atoms with E-state index in [1.807, 2.05) is 4.72 Å². The highest BCUT2D eigenvalue weighted by Gasteiger charge is 2.51. The first-order valence-electron chi connectivity index (χ1n) is 11.2. The number of nitrogens with one attached hydrogen (secondary N) is 1. The number of rotatable bonds is 6. The van der Waals surface area contributed by atoms with E-state index in [4.69, 9.17) is 16.3 Å². The second kappa shape index (κ2) is 8.11. The highest BCUT2D eigenvalue weighted by atomic mass is 35.5. The predicted molar refractivity (Wildman–Crippen MR) is 116 cm³/mol. The normalized spacial score (nSPS) is 34.1. The highest BCUT2D eigenvalue weighted by molar-refractivity contribution is 7.87. The molecule has 0 radical (unpaired) electrons. The fourth-order valence-electron chi connectivity index (χ4n) is 6.70. The topological polar surface area (TPSA) is 95.9 Å². The van der Waals surface area contributed by atoms with E-state index < -0.39 is 33.6 Å². The minimum Gasteiger partial charge on any atom is -0.490 e. The van der Waals surface area contributed by atoms with Crippen molar-refractivity contribution < 1.29 is 27.4 Å². The zero-order valence-corrected chi connectivity index (χ0v) is 19.3. The molecular weight excluding hydrogens is 459 g/mol. The molecule has 10 heteroatoms. The number of carbonyl (C=O) groups is 1. The van der Waals surface area contributed by atoms with E-state index in [0.717, 1.165) is 47.4 Å². The standard InChI is InChI=1S/C22H28ClFN2O5S/c23-16-6-18(21(28)25-32(29,30)26-2-1-17(27)11-26)20(24)19(7-16)31-12-22-8-13-3-14(9-22)5-15(4-13)10-22/h6-7,13-15,17,27H,1-5,8-12H2,(H,25,28)/t13?,14?,15?,17-,22?/m0/s1. The summed E-state index contributed by atoms with van der Waals surface area (Å²) in [5, 5.41) is 9.65. The van der Waals surface area contributed by atoms with Crippen molar-refractivity contribution in [1.29, 1.82) is 0 Å². The Morgan fingerprint density at radius 1 is 1.22 bits per heavy atom. The van der Waals surface area contributed by atoms with E-state index in [0.29, 0.717) is 6.61 Å². The average molecular weight is 487 g/mol. The van der Waals surface area contributed by atoms with Crippen LogP contribution < -0.4 is 9.46 Å². The Bertz CT molecular complexity index is 998. The van der Waals surface area contributed by atoms with Gasteiger partial charge in [-0.15, -0.1) is 0 Å². The first-order chi connectivity index (χ1) is 15.1. The number of hydrogen-bond acceptors (Lipinski definition) is 5. The summed E-state index contributed by atoms with van der Waals surface area (Å²) in [7, 11) is -4.20. The van der Waals surface area contributed by atoms with Gasteiger partial charge < -0.3 is 9.84 Å². The van der Waals surface area contributed by atoms with Crippen molar-refractivity contribution in [1.82, 2.24) is 9.03 Å². The van der Waals surface area contributed by atoms with Gasteiger partial charge in [-0.2, -0.15) is 12.7 Å².